The number of ether oxygens (including phenoxy) is 1. The molecule has 0 radical (unpaired) electrons. The first-order chi connectivity index (χ1) is 15.0. The third-order valence-electron chi connectivity index (χ3n) is 5.10. The van der Waals surface area contributed by atoms with Crippen LogP contribution in [0, 0.1) is 6.92 Å². The number of phenols is 1. The van der Waals surface area contributed by atoms with Gasteiger partial charge in [0.2, 0.25) is 10.9 Å². The molecular formula is C22H17N3O5S. The maximum absolute atomic E-state index is 13.5. The molecule has 2 aromatic heterocycles. The Morgan fingerprint density at radius 1 is 1.19 bits per heavy atom. The van der Waals surface area contributed by atoms with Gasteiger partial charge in [-0.1, -0.05) is 29.5 Å². The second-order valence-electron chi connectivity index (χ2n) is 7.01. The minimum atomic E-state index is -0.796. The van der Waals surface area contributed by atoms with Gasteiger partial charge >= 0.3 is 0 Å². The molecule has 0 saturated carbocycles. The van der Waals surface area contributed by atoms with Crippen LogP contribution in [0.15, 0.2) is 51.7 Å². The molecule has 0 saturated heterocycles. The molecule has 1 amide bonds. The number of aryl methyl sites for hydroxylation is 1. The number of carbonyl (C=O) groups is 1. The minimum absolute atomic E-state index is 0.0208. The van der Waals surface area contributed by atoms with Gasteiger partial charge in [0.1, 0.15) is 10.6 Å². The predicted molar refractivity (Wildman–Crippen MR) is 115 cm³/mol. The Morgan fingerprint density at radius 3 is 2.74 bits per heavy atom. The minimum Gasteiger partial charge on any atom is -0.504 e. The number of phenolic OH excluding ortho intramolecular Hbond substituents is 1. The van der Waals surface area contributed by atoms with E-state index in [1.54, 1.807) is 50.2 Å². The van der Waals surface area contributed by atoms with Crippen molar-refractivity contribution in [3.05, 3.63) is 74.6 Å². The fourth-order valence-corrected chi connectivity index (χ4v) is 4.50. The summed E-state index contributed by atoms with van der Waals surface area (Å²) in [5.41, 5.74) is 0.868. The lowest BCUT2D eigenvalue weighted by molar-refractivity contribution is 0.0970. The number of fused-ring (bicyclic) bond motifs is 2. The summed E-state index contributed by atoms with van der Waals surface area (Å²) in [5.74, 6) is -0.254. The van der Waals surface area contributed by atoms with Crippen LogP contribution in [-0.2, 0) is 0 Å². The van der Waals surface area contributed by atoms with Gasteiger partial charge in [-0.3, -0.25) is 14.5 Å². The maximum Gasteiger partial charge on any atom is 0.297 e. The highest BCUT2D eigenvalue weighted by Gasteiger charge is 2.45. The molecule has 4 aromatic rings. The van der Waals surface area contributed by atoms with Crippen molar-refractivity contribution in [1.82, 2.24) is 10.2 Å². The van der Waals surface area contributed by atoms with Crippen LogP contribution in [0.25, 0.3) is 11.0 Å². The Kier molecular flexibility index (Phi) is 4.48. The van der Waals surface area contributed by atoms with Gasteiger partial charge in [-0.15, -0.1) is 10.2 Å². The smallest absolute Gasteiger partial charge is 0.297 e. The molecule has 0 fully saturated rings. The van der Waals surface area contributed by atoms with Gasteiger partial charge in [-0.05, 0) is 43.7 Å². The van der Waals surface area contributed by atoms with Crippen molar-refractivity contribution in [2.45, 2.75) is 19.9 Å². The van der Waals surface area contributed by atoms with Gasteiger partial charge in [0.15, 0.2) is 16.9 Å². The highest BCUT2D eigenvalue weighted by Crippen LogP contribution is 2.43. The molecule has 8 nitrogen and oxygen atoms in total. The molecule has 9 heteroatoms. The average Bonchev–Trinajstić information content (AvgIpc) is 3.31. The van der Waals surface area contributed by atoms with Crippen LogP contribution >= 0.6 is 11.3 Å². The van der Waals surface area contributed by atoms with E-state index in [1.165, 1.54) is 22.3 Å². The van der Waals surface area contributed by atoms with E-state index in [-0.39, 0.29) is 28.3 Å². The van der Waals surface area contributed by atoms with Crippen LogP contribution in [0.2, 0.25) is 0 Å². The number of aromatic hydroxyl groups is 1. The first-order valence-electron chi connectivity index (χ1n) is 9.64. The molecule has 0 unspecified atom stereocenters. The zero-order valence-electron chi connectivity index (χ0n) is 16.7. The molecule has 1 N–H and O–H groups in total. The van der Waals surface area contributed by atoms with Crippen LogP contribution < -0.4 is 15.1 Å². The number of nitrogens with zero attached hydrogens (tertiary/aromatic N) is 3. The first-order valence-corrected chi connectivity index (χ1v) is 10.5. The van der Waals surface area contributed by atoms with Crippen molar-refractivity contribution < 1.29 is 19.1 Å². The maximum atomic E-state index is 13.5. The molecular weight excluding hydrogens is 418 g/mol. The number of aromatic nitrogens is 2. The molecule has 0 spiro atoms. The van der Waals surface area contributed by atoms with E-state index >= 15 is 0 Å². The molecule has 2 aromatic carbocycles. The molecule has 31 heavy (non-hydrogen) atoms. The molecule has 3 heterocycles. The second-order valence-corrected chi connectivity index (χ2v) is 8.17. The van der Waals surface area contributed by atoms with E-state index in [1.807, 2.05) is 0 Å². The fourth-order valence-electron chi connectivity index (χ4n) is 3.79. The van der Waals surface area contributed by atoms with Crippen molar-refractivity contribution >= 4 is 33.3 Å². The first kappa shape index (κ1) is 19.3. The molecule has 1 aliphatic heterocycles. The molecule has 0 bridgehead atoms. The number of anilines is 1. The number of hydrogen-bond donors (Lipinski definition) is 1. The van der Waals surface area contributed by atoms with Crippen LogP contribution in [0.1, 0.15) is 39.7 Å². The van der Waals surface area contributed by atoms with Crippen LogP contribution in [0.3, 0.4) is 0 Å². The quantitative estimate of drug-likeness (QED) is 0.520. The third kappa shape index (κ3) is 2.97. The number of benzene rings is 2. The normalized spacial score (nSPS) is 15.5. The van der Waals surface area contributed by atoms with Crippen molar-refractivity contribution in [3.8, 4) is 11.5 Å². The summed E-state index contributed by atoms with van der Waals surface area (Å²) in [7, 11) is 0. The zero-order valence-corrected chi connectivity index (χ0v) is 17.5. The number of rotatable bonds is 4. The number of para-hydroxylation sites is 1. The van der Waals surface area contributed by atoms with E-state index in [4.69, 9.17) is 9.15 Å². The highest BCUT2D eigenvalue weighted by molar-refractivity contribution is 7.15. The fraction of sp³-hybridized carbons (Fsp3) is 0.182. The Morgan fingerprint density at radius 2 is 2.00 bits per heavy atom. The number of hydrogen-bond acceptors (Lipinski definition) is 8. The monoisotopic (exact) mass is 435 g/mol. The standard InChI is InChI=1S/C22H17N3O5S/c1-3-29-16-10-12(8-9-14(16)26)18-17-19(27)13-6-4-5-7-15(13)30-20(17)21(28)25(18)22-24-23-11(2)31-22/h4-10,18,26H,3H2,1-2H3/t18-/m1/s1. The lowest BCUT2D eigenvalue weighted by Crippen LogP contribution is -2.29. The van der Waals surface area contributed by atoms with Crippen molar-refractivity contribution in [3.63, 3.8) is 0 Å². The van der Waals surface area contributed by atoms with Gasteiger partial charge in [0.25, 0.3) is 5.91 Å². The lowest BCUT2D eigenvalue weighted by Gasteiger charge is -2.22. The van der Waals surface area contributed by atoms with Crippen LogP contribution in [0.4, 0.5) is 5.13 Å². The topological polar surface area (TPSA) is 106 Å². The average molecular weight is 435 g/mol. The molecule has 156 valence electrons. The number of carbonyl (C=O) groups excluding carboxylic acids is 1. The Bertz CT molecular complexity index is 1390. The number of amides is 1. The van der Waals surface area contributed by atoms with Crippen molar-refractivity contribution in [2.24, 2.45) is 0 Å². The summed E-state index contributed by atoms with van der Waals surface area (Å²) in [6.45, 7) is 3.94. The van der Waals surface area contributed by atoms with Gasteiger partial charge in [-0.2, -0.15) is 0 Å². The van der Waals surface area contributed by atoms with Gasteiger partial charge < -0.3 is 14.3 Å². The summed E-state index contributed by atoms with van der Waals surface area (Å²) >= 11 is 1.24. The molecule has 1 atom stereocenters. The predicted octanol–water partition coefficient (Wildman–Crippen LogP) is 3.81. The summed E-state index contributed by atoms with van der Waals surface area (Å²) in [5, 5.41) is 19.7. The van der Waals surface area contributed by atoms with E-state index in [9.17, 15) is 14.7 Å². The Labute approximate surface area is 180 Å². The Balaban J connectivity index is 1.80. The van der Waals surface area contributed by atoms with Gasteiger partial charge in [-0.25, -0.2) is 0 Å². The van der Waals surface area contributed by atoms with Crippen LogP contribution in [0.5, 0.6) is 11.5 Å². The summed E-state index contributed by atoms with van der Waals surface area (Å²) < 4.78 is 11.4. The van der Waals surface area contributed by atoms with E-state index < -0.39 is 11.9 Å². The largest absolute Gasteiger partial charge is 0.504 e. The third-order valence-corrected chi connectivity index (χ3v) is 5.94. The van der Waals surface area contributed by atoms with E-state index in [0.29, 0.717) is 33.3 Å². The molecule has 1 aliphatic rings. The summed E-state index contributed by atoms with van der Waals surface area (Å²) in [4.78, 5) is 28.3. The summed E-state index contributed by atoms with van der Waals surface area (Å²) in [6, 6.07) is 10.8. The van der Waals surface area contributed by atoms with Crippen LogP contribution in [-0.4, -0.2) is 27.8 Å². The zero-order chi connectivity index (χ0) is 21.7. The van der Waals surface area contributed by atoms with Gasteiger partial charge in [0, 0.05) is 0 Å². The van der Waals surface area contributed by atoms with Crippen molar-refractivity contribution in [2.75, 3.05) is 11.5 Å². The second kappa shape index (κ2) is 7.21. The van der Waals surface area contributed by atoms with E-state index in [0.717, 1.165) is 0 Å². The van der Waals surface area contributed by atoms with Gasteiger partial charge in [0.05, 0.1) is 23.6 Å². The SMILES string of the molecule is CCOc1cc([C@@H]2c3c(oc4ccccc4c3=O)C(=O)N2c2nnc(C)s2)ccc1O. The van der Waals surface area contributed by atoms with E-state index in [2.05, 4.69) is 10.2 Å². The Hall–Kier alpha value is -3.72. The molecule has 0 aliphatic carbocycles. The van der Waals surface area contributed by atoms with Crippen molar-refractivity contribution in [1.29, 1.82) is 0 Å². The summed E-state index contributed by atoms with van der Waals surface area (Å²) in [6.07, 6.45) is 0. The molecule has 5 rings (SSSR count). The highest BCUT2D eigenvalue weighted by atomic mass is 32.1. The lowest BCUT2D eigenvalue weighted by atomic mass is 9.98.